The average Bonchev–Trinajstić information content (AvgIpc) is 2.12. The molecule has 76 valence electrons. The Hall–Kier alpha value is -0.800. The van der Waals surface area contributed by atoms with Crippen molar-refractivity contribution >= 4 is 0 Å². The summed E-state index contributed by atoms with van der Waals surface area (Å²) in [6.07, 6.45) is 5.02. The zero-order valence-electron chi connectivity index (χ0n) is 8.49. The summed E-state index contributed by atoms with van der Waals surface area (Å²) in [6, 6.07) is 0. The van der Waals surface area contributed by atoms with Crippen LogP contribution in [0.25, 0.3) is 0 Å². The Balaban J connectivity index is 3.72. The van der Waals surface area contributed by atoms with Gasteiger partial charge in [-0.25, -0.2) is 0 Å². The first-order chi connectivity index (χ1) is 6.24. The van der Waals surface area contributed by atoms with Crippen molar-refractivity contribution in [1.82, 2.24) is 0 Å². The van der Waals surface area contributed by atoms with Gasteiger partial charge in [0.2, 0.25) is 0 Å². The normalized spacial score (nSPS) is 14.9. The summed E-state index contributed by atoms with van der Waals surface area (Å²) in [7, 11) is 1.55. The third-order valence-corrected chi connectivity index (χ3v) is 1.42. The van der Waals surface area contributed by atoms with E-state index in [9.17, 15) is 5.11 Å². The van der Waals surface area contributed by atoms with Crippen molar-refractivity contribution in [3.8, 4) is 0 Å². The smallest absolute Gasteiger partial charge is 0.116 e. The summed E-state index contributed by atoms with van der Waals surface area (Å²) < 4.78 is 10.1. The lowest BCUT2D eigenvalue weighted by atomic mass is 10.4. The van der Waals surface area contributed by atoms with Crippen molar-refractivity contribution in [3.63, 3.8) is 0 Å². The minimum absolute atomic E-state index is 0.262. The Kier molecular flexibility index (Phi) is 7.35. The highest BCUT2D eigenvalue weighted by atomic mass is 16.5. The quantitative estimate of drug-likeness (QED) is 0.504. The Labute approximate surface area is 79.7 Å². The molecular weight excluding hydrogens is 168 g/mol. The van der Waals surface area contributed by atoms with E-state index < -0.39 is 6.10 Å². The van der Waals surface area contributed by atoms with Crippen molar-refractivity contribution in [2.75, 3.05) is 20.3 Å². The third kappa shape index (κ3) is 6.37. The van der Waals surface area contributed by atoms with Crippen molar-refractivity contribution in [2.24, 2.45) is 0 Å². The molecule has 0 bridgehead atoms. The fourth-order valence-electron chi connectivity index (χ4n) is 0.825. The molecule has 13 heavy (non-hydrogen) atoms. The van der Waals surface area contributed by atoms with Gasteiger partial charge in [0.05, 0.1) is 6.61 Å². The molecule has 0 aromatic rings. The van der Waals surface area contributed by atoms with Gasteiger partial charge < -0.3 is 14.6 Å². The Morgan fingerprint density at radius 2 is 2.08 bits per heavy atom. The average molecular weight is 186 g/mol. The van der Waals surface area contributed by atoms with Crippen molar-refractivity contribution in [3.05, 3.63) is 24.0 Å². The van der Waals surface area contributed by atoms with E-state index in [0.717, 1.165) is 5.76 Å². The van der Waals surface area contributed by atoms with Crippen LogP contribution in [-0.4, -0.2) is 31.5 Å². The van der Waals surface area contributed by atoms with Gasteiger partial charge in [0.15, 0.2) is 0 Å². The molecule has 3 heteroatoms. The highest BCUT2D eigenvalue weighted by molar-refractivity contribution is 5.09. The highest BCUT2D eigenvalue weighted by Crippen LogP contribution is 2.00. The van der Waals surface area contributed by atoms with Gasteiger partial charge in [0, 0.05) is 7.11 Å². The van der Waals surface area contributed by atoms with Gasteiger partial charge in [-0.15, -0.1) is 0 Å². The van der Waals surface area contributed by atoms with E-state index >= 15 is 0 Å². The molecule has 0 saturated heterocycles. The number of aliphatic hydroxyl groups is 1. The van der Waals surface area contributed by atoms with Crippen LogP contribution < -0.4 is 0 Å². The molecule has 0 aromatic heterocycles. The van der Waals surface area contributed by atoms with Crippen LogP contribution in [0.5, 0.6) is 0 Å². The number of ether oxygens (including phenoxy) is 2. The Morgan fingerprint density at radius 1 is 1.38 bits per heavy atom. The van der Waals surface area contributed by atoms with Crippen LogP contribution in [-0.2, 0) is 9.47 Å². The number of methoxy groups -OCH3 is 1. The Bertz CT molecular complexity index is 173. The molecular formula is C10H18O3. The molecule has 1 N–H and O–H groups in total. The van der Waals surface area contributed by atoms with Crippen molar-refractivity contribution in [2.45, 2.75) is 20.0 Å². The Morgan fingerprint density at radius 3 is 2.54 bits per heavy atom. The fraction of sp³-hybridized carbons (Fsp3) is 0.600. The molecule has 0 fully saturated rings. The molecule has 0 aromatic carbocycles. The molecule has 0 radical (unpaired) electrons. The molecule has 0 aliphatic carbocycles. The van der Waals surface area contributed by atoms with Crippen LogP contribution in [0.2, 0.25) is 0 Å². The van der Waals surface area contributed by atoms with E-state index in [0.29, 0.717) is 6.61 Å². The van der Waals surface area contributed by atoms with E-state index in [1.165, 1.54) is 0 Å². The lowest BCUT2D eigenvalue weighted by Gasteiger charge is -2.11. The van der Waals surface area contributed by atoms with Crippen LogP contribution in [0.4, 0.5) is 0 Å². The molecule has 1 atom stereocenters. The summed E-state index contributed by atoms with van der Waals surface area (Å²) in [5, 5.41) is 9.26. The van der Waals surface area contributed by atoms with E-state index in [2.05, 4.69) is 0 Å². The molecule has 3 nitrogen and oxygen atoms in total. The summed E-state index contributed by atoms with van der Waals surface area (Å²) in [4.78, 5) is 0. The first-order valence-corrected chi connectivity index (χ1v) is 4.33. The van der Waals surface area contributed by atoms with Gasteiger partial charge in [-0.2, -0.15) is 0 Å². The van der Waals surface area contributed by atoms with Crippen LogP contribution in [0, 0.1) is 0 Å². The number of aliphatic hydroxyl groups excluding tert-OH is 1. The third-order valence-electron chi connectivity index (χ3n) is 1.42. The lowest BCUT2D eigenvalue weighted by molar-refractivity contribution is 0.0159. The topological polar surface area (TPSA) is 38.7 Å². The van der Waals surface area contributed by atoms with Gasteiger partial charge in [0.1, 0.15) is 18.5 Å². The first kappa shape index (κ1) is 12.2. The van der Waals surface area contributed by atoms with Crippen LogP contribution >= 0.6 is 0 Å². The number of hydrogen-bond acceptors (Lipinski definition) is 3. The highest BCUT2D eigenvalue weighted by Gasteiger charge is 2.03. The van der Waals surface area contributed by atoms with Gasteiger partial charge in [0.25, 0.3) is 0 Å². The summed E-state index contributed by atoms with van der Waals surface area (Å²) in [5.41, 5.74) is 0. The standard InChI is InChI=1S/C10H18O3/c1-4-6-10(5-2)13-8-9(11)7-12-3/h4-6,9,11H,7-8H2,1-3H3. The predicted molar refractivity (Wildman–Crippen MR) is 52.4 cm³/mol. The predicted octanol–water partition coefficient (Wildman–Crippen LogP) is 1.49. The van der Waals surface area contributed by atoms with Gasteiger partial charge in [-0.1, -0.05) is 6.08 Å². The zero-order chi connectivity index (χ0) is 10.1. The molecule has 0 spiro atoms. The van der Waals surface area contributed by atoms with E-state index in [4.69, 9.17) is 9.47 Å². The summed E-state index contributed by atoms with van der Waals surface area (Å²) in [6.45, 7) is 4.36. The summed E-state index contributed by atoms with van der Waals surface area (Å²) in [5.74, 6) is 0.762. The van der Waals surface area contributed by atoms with Crippen LogP contribution in [0.1, 0.15) is 13.8 Å². The SMILES string of the molecule is CC=CC(=CC)OCC(O)COC. The minimum Gasteiger partial charge on any atom is -0.491 e. The maximum absolute atomic E-state index is 9.26. The van der Waals surface area contributed by atoms with Crippen molar-refractivity contribution in [1.29, 1.82) is 0 Å². The zero-order valence-corrected chi connectivity index (χ0v) is 8.49. The first-order valence-electron chi connectivity index (χ1n) is 4.33. The number of rotatable bonds is 6. The largest absolute Gasteiger partial charge is 0.491 e. The molecule has 0 aliphatic rings. The fourth-order valence-corrected chi connectivity index (χ4v) is 0.825. The van der Waals surface area contributed by atoms with E-state index in [1.807, 2.05) is 32.1 Å². The molecule has 0 amide bonds. The maximum Gasteiger partial charge on any atom is 0.116 e. The lowest BCUT2D eigenvalue weighted by Crippen LogP contribution is -2.20. The molecule has 0 aliphatic heterocycles. The summed E-state index contributed by atoms with van der Waals surface area (Å²) >= 11 is 0. The second-order valence-electron chi connectivity index (χ2n) is 2.61. The molecule has 1 unspecified atom stereocenters. The second-order valence-corrected chi connectivity index (χ2v) is 2.61. The van der Waals surface area contributed by atoms with E-state index in [-0.39, 0.29) is 6.61 Å². The monoisotopic (exact) mass is 186 g/mol. The van der Waals surface area contributed by atoms with Gasteiger partial charge in [-0.05, 0) is 26.0 Å². The van der Waals surface area contributed by atoms with Gasteiger partial charge >= 0.3 is 0 Å². The van der Waals surface area contributed by atoms with Crippen molar-refractivity contribution < 1.29 is 14.6 Å². The molecule has 0 rings (SSSR count). The number of hydrogen-bond donors (Lipinski definition) is 1. The van der Waals surface area contributed by atoms with Crippen LogP contribution in [0.15, 0.2) is 24.0 Å². The van der Waals surface area contributed by atoms with Crippen LogP contribution in [0.3, 0.4) is 0 Å². The minimum atomic E-state index is -0.565. The number of allylic oxidation sites excluding steroid dienone is 3. The maximum atomic E-state index is 9.26. The van der Waals surface area contributed by atoms with Gasteiger partial charge in [-0.3, -0.25) is 0 Å². The second kappa shape index (κ2) is 7.83. The molecule has 0 heterocycles. The molecule has 0 saturated carbocycles. The van der Waals surface area contributed by atoms with E-state index in [1.54, 1.807) is 7.11 Å².